The standard InChI is InChI=1S/C8H4F3N3O2/c9-8(10,11)5-3-6-12-4(7(15)16)1-2-14(6)13-5/h1-3H,(H,15,16). The smallest absolute Gasteiger partial charge is 0.435 e. The van der Waals surface area contributed by atoms with E-state index in [0.717, 1.165) is 16.8 Å². The minimum absolute atomic E-state index is 0.160. The second kappa shape index (κ2) is 3.19. The Morgan fingerprint density at radius 3 is 2.69 bits per heavy atom. The first kappa shape index (κ1) is 10.4. The van der Waals surface area contributed by atoms with Crippen LogP contribution in [-0.2, 0) is 6.18 Å². The molecule has 2 aromatic heterocycles. The third-order valence-corrected chi connectivity index (χ3v) is 1.83. The van der Waals surface area contributed by atoms with Gasteiger partial charge in [-0.1, -0.05) is 0 Å². The second-order valence-electron chi connectivity index (χ2n) is 2.95. The third kappa shape index (κ3) is 1.69. The van der Waals surface area contributed by atoms with E-state index in [2.05, 4.69) is 10.1 Å². The third-order valence-electron chi connectivity index (χ3n) is 1.83. The molecular formula is C8H4F3N3O2. The van der Waals surface area contributed by atoms with E-state index in [1.165, 1.54) is 0 Å². The summed E-state index contributed by atoms with van der Waals surface area (Å²) in [6.07, 6.45) is -3.46. The molecule has 0 amide bonds. The predicted octanol–water partition coefficient (Wildman–Crippen LogP) is 1.45. The summed E-state index contributed by atoms with van der Waals surface area (Å²) in [4.78, 5) is 14.0. The molecule has 2 heterocycles. The molecular weight excluding hydrogens is 227 g/mol. The molecule has 0 bridgehead atoms. The summed E-state index contributed by atoms with van der Waals surface area (Å²) in [6, 6.07) is 1.76. The Kier molecular flexibility index (Phi) is 2.07. The molecule has 0 aliphatic carbocycles. The summed E-state index contributed by atoms with van der Waals surface area (Å²) in [6.45, 7) is 0. The molecule has 0 aliphatic rings. The van der Waals surface area contributed by atoms with E-state index >= 15 is 0 Å². The van der Waals surface area contributed by atoms with Gasteiger partial charge in [-0.15, -0.1) is 0 Å². The number of halogens is 3. The molecule has 2 aromatic rings. The van der Waals surface area contributed by atoms with Crippen LogP contribution in [0, 0.1) is 0 Å². The fourth-order valence-corrected chi connectivity index (χ4v) is 1.14. The van der Waals surface area contributed by atoms with Crippen molar-refractivity contribution in [3.05, 3.63) is 29.7 Å². The van der Waals surface area contributed by atoms with Crippen LogP contribution in [0.15, 0.2) is 18.3 Å². The number of hydrogen-bond donors (Lipinski definition) is 1. The largest absolute Gasteiger partial charge is 0.477 e. The molecule has 0 unspecified atom stereocenters. The monoisotopic (exact) mass is 231 g/mol. The van der Waals surface area contributed by atoms with Gasteiger partial charge < -0.3 is 5.11 Å². The molecule has 84 valence electrons. The molecule has 0 aliphatic heterocycles. The fraction of sp³-hybridized carbons (Fsp3) is 0.125. The van der Waals surface area contributed by atoms with Crippen LogP contribution in [0.5, 0.6) is 0 Å². The number of hydrogen-bond acceptors (Lipinski definition) is 3. The molecule has 0 spiro atoms. The van der Waals surface area contributed by atoms with Gasteiger partial charge in [0.2, 0.25) is 0 Å². The van der Waals surface area contributed by atoms with Crippen molar-refractivity contribution >= 4 is 11.6 Å². The molecule has 0 saturated heterocycles. The minimum atomic E-state index is -4.57. The Hall–Kier alpha value is -2.12. The first-order valence-electron chi connectivity index (χ1n) is 4.05. The number of carboxylic acids is 1. The zero-order valence-corrected chi connectivity index (χ0v) is 7.56. The van der Waals surface area contributed by atoms with Crippen LogP contribution in [0.4, 0.5) is 13.2 Å². The van der Waals surface area contributed by atoms with E-state index in [9.17, 15) is 18.0 Å². The lowest BCUT2D eigenvalue weighted by atomic mass is 10.4. The van der Waals surface area contributed by atoms with Crippen LogP contribution < -0.4 is 0 Å². The lowest BCUT2D eigenvalue weighted by Crippen LogP contribution is -2.05. The number of nitrogens with zero attached hydrogens (tertiary/aromatic N) is 3. The van der Waals surface area contributed by atoms with Gasteiger partial charge in [-0.2, -0.15) is 18.3 Å². The SMILES string of the molecule is O=C(O)c1ccn2nc(C(F)(F)F)cc2n1. The summed E-state index contributed by atoms with van der Waals surface area (Å²) in [5, 5.41) is 11.8. The lowest BCUT2D eigenvalue weighted by molar-refractivity contribution is -0.141. The Morgan fingerprint density at radius 1 is 1.44 bits per heavy atom. The molecule has 2 rings (SSSR count). The number of carboxylic acid groups (broad SMARTS) is 1. The highest BCUT2D eigenvalue weighted by Gasteiger charge is 2.34. The van der Waals surface area contributed by atoms with Gasteiger partial charge in [0.1, 0.15) is 0 Å². The zero-order chi connectivity index (χ0) is 11.9. The van der Waals surface area contributed by atoms with Gasteiger partial charge in [-0.25, -0.2) is 14.3 Å². The number of fused-ring (bicyclic) bond motifs is 1. The molecule has 0 fully saturated rings. The highest BCUT2D eigenvalue weighted by atomic mass is 19.4. The topological polar surface area (TPSA) is 67.5 Å². The number of rotatable bonds is 1. The van der Waals surface area contributed by atoms with Crippen molar-refractivity contribution in [1.82, 2.24) is 14.6 Å². The molecule has 16 heavy (non-hydrogen) atoms. The van der Waals surface area contributed by atoms with E-state index in [0.29, 0.717) is 6.07 Å². The molecule has 1 N–H and O–H groups in total. The van der Waals surface area contributed by atoms with Gasteiger partial charge in [-0.05, 0) is 6.07 Å². The first-order valence-corrected chi connectivity index (χ1v) is 4.05. The number of aromatic nitrogens is 3. The van der Waals surface area contributed by atoms with Gasteiger partial charge >= 0.3 is 12.1 Å². The van der Waals surface area contributed by atoms with Crippen LogP contribution >= 0.6 is 0 Å². The number of aromatic carboxylic acids is 1. The van der Waals surface area contributed by atoms with Crippen LogP contribution in [0.3, 0.4) is 0 Å². The zero-order valence-electron chi connectivity index (χ0n) is 7.56. The van der Waals surface area contributed by atoms with E-state index < -0.39 is 17.8 Å². The van der Waals surface area contributed by atoms with Crippen molar-refractivity contribution in [3.63, 3.8) is 0 Å². The van der Waals surface area contributed by atoms with Crippen molar-refractivity contribution in [1.29, 1.82) is 0 Å². The van der Waals surface area contributed by atoms with Crippen LogP contribution in [0.25, 0.3) is 5.65 Å². The molecule has 0 atom stereocenters. The Bertz CT molecular complexity index is 561. The summed E-state index contributed by atoms with van der Waals surface area (Å²) < 4.78 is 37.7. The normalized spacial score (nSPS) is 11.9. The molecule has 0 radical (unpaired) electrons. The summed E-state index contributed by atoms with van der Waals surface area (Å²) >= 11 is 0. The summed E-state index contributed by atoms with van der Waals surface area (Å²) in [5.41, 5.74) is -1.60. The van der Waals surface area contributed by atoms with E-state index in [1.807, 2.05) is 0 Å². The lowest BCUT2D eigenvalue weighted by Gasteiger charge is -1.98. The van der Waals surface area contributed by atoms with Crippen LogP contribution in [0.1, 0.15) is 16.2 Å². The van der Waals surface area contributed by atoms with Gasteiger partial charge in [0.15, 0.2) is 17.0 Å². The highest BCUT2D eigenvalue weighted by Crippen LogP contribution is 2.28. The maximum absolute atomic E-state index is 12.3. The first-order chi connectivity index (χ1) is 7.38. The Labute approximate surface area is 86.1 Å². The highest BCUT2D eigenvalue weighted by molar-refractivity contribution is 5.85. The van der Waals surface area contributed by atoms with E-state index in [4.69, 9.17) is 5.11 Å². The van der Waals surface area contributed by atoms with Crippen molar-refractivity contribution in [3.8, 4) is 0 Å². The van der Waals surface area contributed by atoms with E-state index in [1.54, 1.807) is 0 Å². The van der Waals surface area contributed by atoms with Gasteiger partial charge in [0.05, 0.1) is 0 Å². The average molecular weight is 231 g/mol. The number of carbonyl (C=O) groups is 1. The maximum Gasteiger partial charge on any atom is 0.435 e. The Morgan fingerprint density at radius 2 is 2.12 bits per heavy atom. The number of alkyl halides is 3. The summed E-state index contributed by atoms with van der Waals surface area (Å²) in [5.74, 6) is -1.31. The average Bonchev–Trinajstić information content (AvgIpc) is 2.58. The van der Waals surface area contributed by atoms with E-state index in [-0.39, 0.29) is 11.3 Å². The van der Waals surface area contributed by atoms with Crippen LogP contribution in [-0.4, -0.2) is 25.7 Å². The Balaban J connectivity index is 2.59. The second-order valence-corrected chi connectivity index (χ2v) is 2.95. The molecule has 0 saturated carbocycles. The van der Waals surface area contributed by atoms with Gasteiger partial charge in [0.25, 0.3) is 0 Å². The van der Waals surface area contributed by atoms with Crippen LogP contribution in [0.2, 0.25) is 0 Å². The molecule has 0 aromatic carbocycles. The van der Waals surface area contributed by atoms with Crippen molar-refractivity contribution < 1.29 is 23.1 Å². The predicted molar refractivity (Wildman–Crippen MR) is 44.9 cm³/mol. The maximum atomic E-state index is 12.3. The quantitative estimate of drug-likeness (QED) is 0.806. The van der Waals surface area contributed by atoms with Gasteiger partial charge in [0, 0.05) is 12.3 Å². The minimum Gasteiger partial charge on any atom is -0.477 e. The summed E-state index contributed by atoms with van der Waals surface area (Å²) in [7, 11) is 0. The van der Waals surface area contributed by atoms with Crippen molar-refractivity contribution in [2.45, 2.75) is 6.18 Å². The van der Waals surface area contributed by atoms with Crippen molar-refractivity contribution in [2.24, 2.45) is 0 Å². The molecule has 5 nitrogen and oxygen atoms in total. The van der Waals surface area contributed by atoms with Crippen molar-refractivity contribution in [2.75, 3.05) is 0 Å². The van der Waals surface area contributed by atoms with Gasteiger partial charge in [-0.3, -0.25) is 0 Å². The fourth-order valence-electron chi connectivity index (χ4n) is 1.14. The molecule has 8 heteroatoms.